The van der Waals surface area contributed by atoms with E-state index in [1.807, 2.05) is 0 Å². The standard InChI is InChI=1S/C28H28B.Na/c1-21-9-5-13-25(17-21)29(26-14-6-10-22(2)18-26,27-15-7-11-23(3)19-27)28-16-8-12-24(4)20-28;/h5-20H,1-4H3;/q-1;+1. The second-order valence-electron chi connectivity index (χ2n) is 8.52. The maximum Gasteiger partial charge on any atom is 1.00 e. The van der Waals surface area contributed by atoms with Gasteiger partial charge in [0.05, 0.1) is 0 Å². The largest absolute Gasteiger partial charge is 1.00 e. The van der Waals surface area contributed by atoms with Gasteiger partial charge in [-0.2, -0.15) is 21.9 Å². The first-order chi connectivity index (χ1) is 14.0. The number of hydrogen-bond acceptors (Lipinski definition) is 0. The Hall–Kier alpha value is -2.06. The van der Waals surface area contributed by atoms with E-state index in [9.17, 15) is 0 Å². The molecule has 0 heterocycles. The van der Waals surface area contributed by atoms with Crippen molar-refractivity contribution in [1.29, 1.82) is 0 Å². The SMILES string of the molecule is Cc1cccc([B-](c2cccc(C)c2)(c2cccc(C)c2)c2cccc(C)c2)c1.[Na+]. The molecule has 0 N–H and O–H groups in total. The third-order valence-electron chi connectivity index (χ3n) is 6.17. The Balaban J connectivity index is 0.00000256. The van der Waals surface area contributed by atoms with Gasteiger partial charge in [0, 0.05) is 0 Å². The number of rotatable bonds is 4. The summed E-state index contributed by atoms with van der Waals surface area (Å²) in [5, 5.41) is 0. The zero-order chi connectivity index (χ0) is 20.4. The van der Waals surface area contributed by atoms with Gasteiger partial charge in [-0.25, -0.2) is 0 Å². The summed E-state index contributed by atoms with van der Waals surface area (Å²) < 4.78 is 0. The van der Waals surface area contributed by atoms with Crippen molar-refractivity contribution < 1.29 is 29.6 Å². The molecule has 0 unspecified atom stereocenters. The molecule has 0 radical (unpaired) electrons. The predicted molar refractivity (Wildman–Crippen MR) is 129 cm³/mol. The molecule has 0 amide bonds. The van der Waals surface area contributed by atoms with Gasteiger partial charge < -0.3 is 0 Å². The minimum atomic E-state index is -1.29. The van der Waals surface area contributed by atoms with Gasteiger partial charge >= 0.3 is 29.6 Å². The fourth-order valence-corrected chi connectivity index (χ4v) is 4.91. The molecule has 4 aromatic carbocycles. The van der Waals surface area contributed by atoms with Gasteiger partial charge in [-0.1, -0.05) is 119 Å². The normalized spacial score (nSPS) is 11.1. The summed E-state index contributed by atoms with van der Waals surface area (Å²) in [5.74, 6) is 0. The van der Waals surface area contributed by atoms with E-state index in [0.29, 0.717) is 0 Å². The molecule has 0 aliphatic rings. The second-order valence-corrected chi connectivity index (χ2v) is 8.52. The number of aryl methyl sites for hydroxylation is 4. The summed E-state index contributed by atoms with van der Waals surface area (Å²) in [6, 6.07) is 36.2. The summed E-state index contributed by atoms with van der Waals surface area (Å²) in [6.07, 6.45) is -1.29. The van der Waals surface area contributed by atoms with E-state index >= 15 is 0 Å². The molecule has 2 heteroatoms. The van der Waals surface area contributed by atoms with E-state index in [2.05, 4.69) is 125 Å². The zero-order valence-electron chi connectivity index (χ0n) is 18.8. The van der Waals surface area contributed by atoms with Crippen LogP contribution in [0, 0.1) is 27.7 Å². The van der Waals surface area contributed by atoms with Gasteiger partial charge in [0.2, 0.25) is 0 Å². The Morgan fingerprint density at radius 3 is 0.833 bits per heavy atom. The molecule has 0 aliphatic carbocycles. The fraction of sp³-hybridized carbons (Fsp3) is 0.143. The molecule has 0 fully saturated rings. The summed E-state index contributed by atoms with van der Waals surface area (Å²) >= 11 is 0. The third kappa shape index (κ3) is 4.21. The van der Waals surface area contributed by atoms with Gasteiger partial charge in [0.15, 0.2) is 0 Å². The van der Waals surface area contributed by atoms with Crippen molar-refractivity contribution >= 4 is 28.0 Å². The first-order valence-corrected chi connectivity index (χ1v) is 10.4. The van der Waals surface area contributed by atoms with Gasteiger partial charge in [-0.3, -0.25) is 0 Å². The van der Waals surface area contributed by atoms with E-state index in [4.69, 9.17) is 0 Å². The average Bonchev–Trinajstić information content (AvgIpc) is 2.69. The van der Waals surface area contributed by atoms with Crippen LogP contribution in [0.15, 0.2) is 97.1 Å². The van der Waals surface area contributed by atoms with Gasteiger partial charge in [-0.05, 0) is 27.7 Å². The van der Waals surface area contributed by atoms with Crippen LogP contribution >= 0.6 is 0 Å². The van der Waals surface area contributed by atoms with Crippen molar-refractivity contribution in [3.63, 3.8) is 0 Å². The first kappa shape index (κ1) is 22.6. The number of benzene rings is 4. The van der Waals surface area contributed by atoms with Crippen LogP contribution in [0.1, 0.15) is 22.3 Å². The molecule has 4 aromatic rings. The molecule has 0 aromatic heterocycles. The molecule has 0 saturated heterocycles. The maximum absolute atomic E-state index is 2.37. The monoisotopic (exact) mass is 398 g/mol. The molecule has 0 spiro atoms. The van der Waals surface area contributed by atoms with Crippen LogP contribution in [0.2, 0.25) is 0 Å². The van der Waals surface area contributed by atoms with Crippen LogP contribution in [0.4, 0.5) is 0 Å². The summed E-state index contributed by atoms with van der Waals surface area (Å²) in [5.41, 5.74) is 10.6. The molecular weight excluding hydrogens is 370 g/mol. The summed E-state index contributed by atoms with van der Waals surface area (Å²) in [7, 11) is 0. The molecular formula is C28H28BNa. The van der Waals surface area contributed by atoms with Crippen LogP contribution < -0.4 is 51.4 Å². The average molecular weight is 398 g/mol. The summed E-state index contributed by atoms with van der Waals surface area (Å²) in [6.45, 7) is 8.75. The van der Waals surface area contributed by atoms with E-state index in [1.165, 1.54) is 44.1 Å². The fourth-order valence-electron chi connectivity index (χ4n) is 4.91. The Morgan fingerprint density at radius 1 is 0.400 bits per heavy atom. The van der Waals surface area contributed by atoms with Crippen LogP contribution in [-0.2, 0) is 0 Å². The molecule has 144 valence electrons. The van der Waals surface area contributed by atoms with Gasteiger partial charge in [0.1, 0.15) is 6.15 Å². The third-order valence-corrected chi connectivity index (χ3v) is 6.17. The molecule has 0 atom stereocenters. The predicted octanol–water partition coefficient (Wildman–Crippen LogP) is 1.30. The molecule has 0 saturated carbocycles. The number of hydrogen-bond donors (Lipinski definition) is 0. The van der Waals surface area contributed by atoms with Crippen LogP contribution in [0.25, 0.3) is 0 Å². The van der Waals surface area contributed by atoms with E-state index in [1.54, 1.807) is 0 Å². The molecule has 30 heavy (non-hydrogen) atoms. The Kier molecular flexibility index (Phi) is 7.08. The maximum atomic E-state index is 2.37. The first-order valence-electron chi connectivity index (χ1n) is 10.4. The van der Waals surface area contributed by atoms with E-state index < -0.39 is 6.15 Å². The van der Waals surface area contributed by atoms with Crippen molar-refractivity contribution in [3.05, 3.63) is 119 Å². The van der Waals surface area contributed by atoms with E-state index in [0.717, 1.165) is 0 Å². The van der Waals surface area contributed by atoms with Crippen molar-refractivity contribution in [1.82, 2.24) is 0 Å². The van der Waals surface area contributed by atoms with E-state index in [-0.39, 0.29) is 29.6 Å². The minimum absolute atomic E-state index is 0. The van der Waals surface area contributed by atoms with Crippen molar-refractivity contribution in [2.45, 2.75) is 27.7 Å². The van der Waals surface area contributed by atoms with Crippen molar-refractivity contribution in [2.24, 2.45) is 0 Å². The Morgan fingerprint density at radius 2 is 0.633 bits per heavy atom. The minimum Gasteiger partial charge on any atom is -0.195 e. The zero-order valence-corrected chi connectivity index (χ0v) is 20.8. The van der Waals surface area contributed by atoms with Crippen LogP contribution in [0.5, 0.6) is 0 Å². The molecule has 0 bridgehead atoms. The van der Waals surface area contributed by atoms with Crippen molar-refractivity contribution in [2.75, 3.05) is 0 Å². The van der Waals surface area contributed by atoms with Crippen LogP contribution in [-0.4, -0.2) is 6.15 Å². The smallest absolute Gasteiger partial charge is 0.195 e. The van der Waals surface area contributed by atoms with Gasteiger partial charge in [0.25, 0.3) is 0 Å². The molecule has 0 nitrogen and oxygen atoms in total. The van der Waals surface area contributed by atoms with Crippen LogP contribution in [0.3, 0.4) is 0 Å². The Labute approximate surface area is 203 Å². The van der Waals surface area contributed by atoms with Crippen molar-refractivity contribution in [3.8, 4) is 0 Å². The Bertz CT molecular complexity index is 975. The van der Waals surface area contributed by atoms with Gasteiger partial charge in [-0.15, -0.1) is 0 Å². The molecule has 0 aliphatic heterocycles. The topological polar surface area (TPSA) is 0 Å². The quantitative estimate of drug-likeness (QED) is 0.455. The second kappa shape index (κ2) is 9.39. The summed E-state index contributed by atoms with van der Waals surface area (Å²) in [4.78, 5) is 0. The molecule has 4 rings (SSSR count).